The van der Waals surface area contributed by atoms with Crippen molar-refractivity contribution in [3.05, 3.63) is 94.8 Å². The highest BCUT2D eigenvalue weighted by atomic mass is 35.5. The van der Waals surface area contributed by atoms with Crippen LogP contribution in [0.2, 0.25) is 5.02 Å². The number of halogens is 3. The summed E-state index contributed by atoms with van der Waals surface area (Å²) in [4.78, 5) is 12.2. The molecule has 2 N–H and O–H groups in total. The monoisotopic (exact) mass is 472 g/mol. The van der Waals surface area contributed by atoms with E-state index >= 15 is 4.39 Å². The van der Waals surface area contributed by atoms with Gasteiger partial charge >= 0.3 is 5.97 Å². The summed E-state index contributed by atoms with van der Waals surface area (Å²) in [7, 11) is 0. The van der Waals surface area contributed by atoms with E-state index in [1.165, 1.54) is 12.1 Å². The number of carboxylic acids is 1. The van der Waals surface area contributed by atoms with Crippen LogP contribution < -0.4 is 4.74 Å². The molecule has 0 heterocycles. The molecule has 0 bridgehead atoms. The van der Waals surface area contributed by atoms with Gasteiger partial charge in [-0.15, -0.1) is 0 Å². The lowest BCUT2D eigenvalue weighted by Crippen LogP contribution is -2.52. The van der Waals surface area contributed by atoms with Gasteiger partial charge in [0.1, 0.15) is 11.9 Å². The molecular formula is C26H23ClF2O4. The number of carboxylic acid groups (broad SMARTS) is 1. The van der Waals surface area contributed by atoms with Gasteiger partial charge in [-0.25, -0.2) is 13.6 Å². The topological polar surface area (TPSA) is 66.8 Å². The number of aliphatic hydroxyl groups excluding tert-OH is 1. The first-order chi connectivity index (χ1) is 15.8. The number of carbonyl (C=O) groups is 1. The van der Waals surface area contributed by atoms with E-state index in [1.54, 1.807) is 54.6 Å². The van der Waals surface area contributed by atoms with Crippen molar-refractivity contribution in [2.45, 2.75) is 37.0 Å². The Kier molecular flexibility index (Phi) is 6.68. The van der Waals surface area contributed by atoms with Crippen molar-refractivity contribution >= 4 is 17.6 Å². The first-order valence-electron chi connectivity index (χ1n) is 10.7. The Morgan fingerprint density at radius 1 is 1.09 bits per heavy atom. The summed E-state index contributed by atoms with van der Waals surface area (Å²) >= 11 is 5.94. The maximum Gasteiger partial charge on any atom is 0.344 e. The largest absolute Gasteiger partial charge is 0.479 e. The fourth-order valence-electron chi connectivity index (χ4n) is 4.18. The maximum atomic E-state index is 16.3. The van der Waals surface area contributed by atoms with Gasteiger partial charge in [0, 0.05) is 17.4 Å². The zero-order valence-electron chi connectivity index (χ0n) is 17.6. The molecule has 0 spiro atoms. The van der Waals surface area contributed by atoms with E-state index in [0.29, 0.717) is 34.7 Å². The molecule has 4 nitrogen and oxygen atoms in total. The quantitative estimate of drug-likeness (QED) is 0.391. The summed E-state index contributed by atoms with van der Waals surface area (Å²) in [5.41, 5.74) is -2.12. The summed E-state index contributed by atoms with van der Waals surface area (Å²) in [6.07, 6.45) is -0.855. The SMILES string of the molecule is O=C(O)[C@@](F)([C@H](c1ccc(Cl)cc1)C1CC1)[C@@H](O)Cc1ccc(F)c(Oc2ccccc2)c1. The van der Waals surface area contributed by atoms with Crippen LogP contribution in [0.3, 0.4) is 0 Å². The zero-order valence-corrected chi connectivity index (χ0v) is 18.4. The predicted molar refractivity (Wildman–Crippen MR) is 121 cm³/mol. The molecule has 1 fully saturated rings. The third kappa shape index (κ3) is 5.02. The van der Waals surface area contributed by atoms with Crippen LogP contribution >= 0.6 is 11.6 Å². The van der Waals surface area contributed by atoms with Crippen LogP contribution in [0.1, 0.15) is 29.9 Å². The van der Waals surface area contributed by atoms with Gasteiger partial charge in [0.05, 0.1) is 0 Å². The number of hydrogen-bond acceptors (Lipinski definition) is 3. The number of rotatable bonds is 9. The van der Waals surface area contributed by atoms with Gasteiger partial charge in [0.2, 0.25) is 5.67 Å². The van der Waals surface area contributed by atoms with Crippen molar-refractivity contribution in [3.8, 4) is 11.5 Å². The van der Waals surface area contributed by atoms with Crippen molar-refractivity contribution in [2.75, 3.05) is 0 Å². The molecule has 0 amide bonds. The predicted octanol–water partition coefficient (Wildman–Crippen LogP) is 6.16. The fourth-order valence-corrected chi connectivity index (χ4v) is 4.31. The van der Waals surface area contributed by atoms with Gasteiger partial charge in [-0.1, -0.05) is 48.0 Å². The van der Waals surface area contributed by atoms with Gasteiger partial charge in [0.15, 0.2) is 11.6 Å². The molecule has 3 atom stereocenters. The number of aliphatic hydroxyl groups is 1. The van der Waals surface area contributed by atoms with Gasteiger partial charge < -0.3 is 14.9 Å². The molecule has 7 heteroatoms. The van der Waals surface area contributed by atoms with Crippen LogP contribution in [0, 0.1) is 11.7 Å². The lowest BCUT2D eigenvalue weighted by atomic mass is 9.75. The van der Waals surface area contributed by atoms with Gasteiger partial charge in [0.25, 0.3) is 0 Å². The Labute approximate surface area is 195 Å². The minimum atomic E-state index is -2.94. The molecule has 0 aliphatic heterocycles. The van der Waals surface area contributed by atoms with Gasteiger partial charge in [-0.2, -0.15) is 0 Å². The Hall–Kier alpha value is -2.96. The minimum Gasteiger partial charge on any atom is -0.479 e. The van der Waals surface area contributed by atoms with Crippen LogP contribution in [0.4, 0.5) is 8.78 Å². The summed E-state index contributed by atoms with van der Waals surface area (Å²) in [6, 6.07) is 18.8. The molecule has 0 radical (unpaired) electrons. The first-order valence-corrected chi connectivity index (χ1v) is 11.0. The molecule has 0 aromatic heterocycles. The smallest absolute Gasteiger partial charge is 0.344 e. The summed E-state index contributed by atoms with van der Waals surface area (Å²) in [6.45, 7) is 0. The summed E-state index contributed by atoms with van der Waals surface area (Å²) in [5.74, 6) is -3.28. The molecule has 1 aliphatic carbocycles. The Balaban J connectivity index is 1.62. The fraction of sp³-hybridized carbons (Fsp3) is 0.269. The second-order valence-electron chi connectivity index (χ2n) is 8.34. The van der Waals surface area contributed by atoms with Crippen LogP contribution in [0.25, 0.3) is 0 Å². The number of ether oxygens (including phenoxy) is 1. The van der Waals surface area contributed by atoms with Crippen molar-refractivity contribution in [1.82, 2.24) is 0 Å². The highest BCUT2D eigenvalue weighted by Crippen LogP contribution is 2.51. The van der Waals surface area contributed by atoms with Gasteiger partial charge in [-0.3, -0.25) is 0 Å². The first kappa shape index (κ1) is 23.2. The van der Waals surface area contributed by atoms with Crippen molar-refractivity contribution in [3.63, 3.8) is 0 Å². The highest BCUT2D eigenvalue weighted by Gasteiger charge is 2.57. The molecule has 172 valence electrons. The lowest BCUT2D eigenvalue weighted by Gasteiger charge is -2.35. The van der Waals surface area contributed by atoms with Gasteiger partial charge in [-0.05, 0) is 66.3 Å². The Morgan fingerprint density at radius 3 is 2.36 bits per heavy atom. The molecule has 4 rings (SSSR count). The third-order valence-corrected chi connectivity index (χ3v) is 6.24. The van der Waals surface area contributed by atoms with Crippen LogP contribution in [0.15, 0.2) is 72.8 Å². The number of benzene rings is 3. The van der Waals surface area contributed by atoms with E-state index in [1.807, 2.05) is 0 Å². The molecule has 0 unspecified atom stereocenters. The molecular weight excluding hydrogens is 450 g/mol. The zero-order chi connectivity index (χ0) is 23.6. The molecule has 33 heavy (non-hydrogen) atoms. The Bertz CT molecular complexity index is 1120. The summed E-state index contributed by atoms with van der Waals surface area (Å²) < 4.78 is 36.1. The minimum absolute atomic E-state index is 0.0953. The van der Waals surface area contributed by atoms with E-state index in [4.69, 9.17) is 16.3 Å². The van der Waals surface area contributed by atoms with E-state index in [0.717, 1.165) is 6.07 Å². The van der Waals surface area contributed by atoms with E-state index < -0.39 is 29.5 Å². The van der Waals surface area contributed by atoms with Crippen LogP contribution in [-0.4, -0.2) is 28.0 Å². The normalized spacial score (nSPS) is 17.1. The second-order valence-corrected chi connectivity index (χ2v) is 8.78. The summed E-state index contributed by atoms with van der Waals surface area (Å²) in [5, 5.41) is 21.2. The standard InChI is InChI=1S/C26H23ClF2O4/c27-19-11-9-18(10-12-19)24(17-7-8-17)26(29,25(31)32)23(30)15-16-6-13-21(28)22(14-16)33-20-4-2-1-3-5-20/h1-6,9-14,17,23-24,30H,7-8,15H2,(H,31,32)/t23-,24-,26-/m0/s1. The molecule has 3 aromatic rings. The molecule has 3 aromatic carbocycles. The Morgan fingerprint density at radius 2 is 1.76 bits per heavy atom. The number of alkyl halides is 1. The third-order valence-electron chi connectivity index (χ3n) is 5.98. The molecule has 1 saturated carbocycles. The number of hydrogen-bond donors (Lipinski definition) is 2. The average molecular weight is 473 g/mol. The van der Waals surface area contributed by atoms with E-state index in [2.05, 4.69) is 0 Å². The maximum absolute atomic E-state index is 16.3. The average Bonchev–Trinajstić information content (AvgIpc) is 3.63. The van der Waals surface area contributed by atoms with Crippen molar-refractivity contribution in [2.24, 2.45) is 5.92 Å². The van der Waals surface area contributed by atoms with Crippen LogP contribution in [-0.2, 0) is 11.2 Å². The van der Waals surface area contributed by atoms with Crippen molar-refractivity contribution < 1.29 is 28.5 Å². The second kappa shape index (κ2) is 9.49. The van der Waals surface area contributed by atoms with Crippen molar-refractivity contribution in [1.29, 1.82) is 0 Å². The van der Waals surface area contributed by atoms with E-state index in [-0.39, 0.29) is 18.1 Å². The number of aliphatic carboxylic acids is 1. The number of para-hydroxylation sites is 1. The van der Waals surface area contributed by atoms with Crippen LogP contribution in [0.5, 0.6) is 11.5 Å². The molecule has 1 aliphatic rings. The highest BCUT2D eigenvalue weighted by molar-refractivity contribution is 6.30. The van der Waals surface area contributed by atoms with E-state index in [9.17, 15) is 19.4 Å². The lowest BCUT2D eigenvalue weighted by molar-refractivity contribution is -0.163. The molecule has 0 saturated heterocycles.